The molecule has 2 unspecified atom stereocenters. The Morgan fingerprint density at radius 1 is 0.643 bits per heavy atom. The average molecular weight is 374 g/mol. The van der Waals surface area contributed by atoms with Crippen molar-refractivity contribution in [3.8, 4) is 33.8 Å². The minimum absolute atomic E-state index is 0.235. The molecule has 4 heteroatoms. The van der Waals surface area contributed by atoms with Crippen molar-refractivity contribution < 1.29 is 18.9 Å². The highest BCUT2D eigenvalue weighted by atomic mass is 16.6. The largest absolute Gasteiger partial charge is 0.490 e. The fraction of sp³-hybridized carbons (Fsp3) is 0.250. The molecular weight excluding hydrogens is 352 g/mol. The summed E-state index contributed by atoms with van der Waals surface area (Å²) in [6, 6.07) is 24.8. The van der Waals surface area contributed by atoms with Gasteiger partial charge in [-0.15, -0.1) is 0 Å². The molecule has 0 radical (unpaired) electrons. The van der Waals surface area contributed by atoms with Gasteiger partial charge in [-0.05, 0) is 29.3 Å². The fourth-order valence-electron chi connectivity index (χ4n) is 3.21. The Hall–Kier alpha value is -2.82. The number of epoxide rings is 2. The van der Waals surface area contributed by atoms with Crippen LogP contribution < -0.4 is 9.47 Å². The van der Waals surface area contributed by atoms with Gasteiger partial charge in [-0.1, -0.05) is 54.6 Å². The molecule has 0 bridgehead atoms. The van der Waals surface area contributed by atoms with Crippen LogP contribution in [0.3, 0.4) is 0 Å². The van der Waals surface area contributed by atoms with Crippen molar-refractivity contribution in [1.29, 1.82) is 0 Å². The highest BCUT2D eigenvalue weighted by molar-refractivity contribution is 5.78. The van der Waals surface area contributed by atoms with Gasteiger partial charge in [0, 0.05) is 11.1 Å². The zero-order valence-corrected chi connectivity index (χ0v) is 15.5. The Morgan fingerprint density at radius 2 is 1.11 bits per heavy atom. The van der Waals surface area contributed by atoms with Crippen LogP contribution in [0.5, 0.6) is 11.5 Å². The number of benzene rings is 3. The molecule has 0 amide bonds. The second kappa shape index (κ2) is 7.66. The van der Waals surface area contributed by atoms with E-state index < -0.39 is 0 Å². The highest BCUT2D eigenvalue weighted by Crippen LogP contribution is 2.36. The first-order valence-corrected chi connectivity index (χ1v) is 9.64. The minimum atomic E-state index is 0.235. The number of para-hydroxylation sites is 2. The molecule has 5 rings (SSSR count). The van der Waals surface area contributed by atoms with Crippen molar-refractivity contribution in [2.24, 2.45) is 0 Å². The Morgan fingerprint density at radius 3 is 1.57 bits per heavy atom. The Labute approximate surface area is 164 Å². The van der Waals surface area contributed by atoms with Gasteiger partial charge < -0.3 is 18.9 Å². The van der Waals surface area contributed by atoms with E-state index in [1.54, 1.807) is 0 Å². The molecule has 0 saturated carbocycles. The lowest BCUT2D eigenvalue weighted by molar-refractivity contribution is 0.264. The summed E-state index contributed by atoms with van der Waals surface area (Å²) >= 11 is 0. The molecule has 2 aliphatic heterocycles. The fourth-order valence-corrected chi connectivity index (χ4v) is 3.21. The van der Waals surface area contributed by atoms with Crippen LogP contribution in [-0.4, -0.2) is 38.6 Å². The molecule has 2 aliphatic rings. The first-order valence-electron chi connectivity index (χ1n) is 9.64. The van der Waals surface area contributed by atoms with E-state index in [1.165, 1.54) is 0 Å². The topological polar surface area (TPSA) is 43.5 Å². The van der Waals surface area contributed by atoms with Crippen LogP contribution in [0, 0.1) is 0 Å². The van der Waals surface area contributed by atoms with Crippen LogP contribution in [0.15, 0.2) is 72.8 Å². The molecule has 3 aromatic carbocycles. The molecule has 3 aromatic rings. The third-order valence-electron chi connectivity index (χ3n) is 4.91. The Bertz CT molecular complexity index is 885. The monoisotopic (exact) mass is 374 g/mol. The van der Waals surface area contributed by atoms with Gasteiger partial charge in [0.1, 0.15) is 36.9 Å². The summed E-state index contributed by atoms with van der Waals surface area (Å²) in [5.41, 5.74) is 4.39. The van der Waals surface area contributed by atoms with Crippen LogP contribution >= 0.6 is 0 Å². The molecule has 0 N–H and O–H groups in total. The van der Waals surface area contributed by atoms with Crippen molar-refractivity contribution in [3.63, 3.8) is 0 Å². The second-order valence-electron chi connectivity index (χ2n) is 7.11. The summed E-state index contributed by atoms with van der Waals surface area (Å²) in [6.45, 7) is 2.77. The maximum Gasteiger partial charge on any atom is 0.127 e. The molecule has 142 valence electrons. The zero-order valence-electron chi connectivity index (χ0n) is 15.5. The first kappa shape index (κ1) is 17.3. The van der Waals surface area contributed by atoms with E-state index in [-0.39, 0.29) is 12.2 Å². The van der Waals surface area contributed by atoms with E-state index in [4.69, 9.17) is 18.9 Å². The van der Waals surface area contributed by atoms with Gasteiger partial charge in [-0.2, -0.15) is 0 Å². The Balaban J connectivity index is 1.44. The van der Waals surface area contributed by atoms with Crippen molar-refractivity contribution in [2.75, 3.05) is 26.4 Å². The SMILES string of the molecule is c1cc(-c2ccccc2OCC2CO2)cc(-c2ccccc2OCC2CO2)c1. The van der Waals surface area contributed by atoms with Gasteiger partial charge in [0.15, 0.2) is 0 Å². The van der Waals surface area contributed by atoms with Gasteiger partial charge in [0.25, 0.3) is 0 Å². The molecule has 0 spiro atoms. The molecule has 2 atom stereocenters. The number of rotatable bonds is 8. The van der Waals surface area contributed by atoms with E-state index in [2.05, 4.69) is 36.4 Å². The lowest BCUT2D eigenvalue weighted by Crippen LogP contribution is -2.05. The normalized spacial score (nSPS) is 19.9. The summed E-state index contributed by atoms with van der Waals surface area (Å²) in [5, 5.41) is 0. The summed E-state index contributed by atoms with van der Waals surface area (Å²) < 4.78 is 22.5. The van der Waals surface area contributed by atoms with Crippen LogP contribution in [0.1, 0.15) is 0 Å². The summed E-state index contributed by atoms with van der Waals surface area (Å²) in [4.78, 5) is 0. The molecule has 0 aromatic heterocycles. The van der Waals surface area contributed by atoms with E-state index in [1.807, 2.05) is 36.4 Å². The lowest BCUT2D eigenvalue weighted by atomic mass is 9.98. The quantitative estimate of drug-likeness (QED) is 0.542. The molecule has 2 heterocycles. The van der Waals surface area contributed by atoms with Crippen molar-refractivity contribution in [1.82, 2.24) is 0 Å². The number of hydrogen-bond acceptors (Lipinski definition) is 4. The van der Waals surface area contributed by atoms with Gasteiger partial charge >= 0.3 is 0 Å². The second-order valence-corrected chi connectivity index (χ2v) is 7.11. The predicted octanol–water partition coefficient (Wildman–Crippen LogP) is 4.58. The van der Waals surface area contributed by atoms with Crippen LogP contribution in [-0.2, 0) is 9.47 Å². The van der Waals surface area contributed by atoms with Gasteiger partial charge in [-0.25, -0.2) is 0 Å². The predicted molar refractivity (Wildman–Crippen MR) is 108 cm³/mol. The summed E-state index contributed by atoms with van der Waals surface area (Å²) in [7, 11) is 0. The number of ether oxygens (including phenoxy) is 4. The van der Waals surface area contributed by atoms with E-state index in [0.717, 1.165) is 47.0 Å². The highest BCUT2D eigenvalue weighted by Gasteiger charge is 2.24. The van der Waals surface area contributed by atoms with Crippen molar-refractivity contribution >= 4 is 0 Å². The summed E-state index contributed by atoms with van der Waals surface area (Å²) in [6.07, 6.45) is 0.470. The van der Waals surface area contributed by atoms with Gasteiger partial charge in [0.2, 0.25) is 0 Å². The van der Waals surface area contributed by atoms with Gasteiger partial charge in [-0.3, -0.25) is 0 Å². The maximum atomic E-state index is 5.99. The summed E-state index contributed by atoms with van der Waals surface area (Å²) in [5.74, 6) is 1.76. The standard InChI is InChI=1S/C24H22O4/c1-3-10-23(27-15-19-13-25-19)21(8-1)17-6-5-7-18(12-17)22-9-2-4-11-24(22)28-16-20-14-26-20/h1-12,19-20H,13-16H2. The zero-order chi connectivity index (χ0) is 18.8. The minimum Gasteiger partial charge on any atom is -0.490 e. The molecule has 0 aliphatic carbocycles. The average Bonchev–Trinajstić information content (AvgIpc) is 3.66. The molecule has 2 fully saturated rings. The smallest absolute Gasteiger partial charge is 0.127 e. The van der Waals surface area contributed by atoms with Crippen molar-refractivity contribution in [3.05, 3.63) is 72.8 Å². The van der Waals surface area contributed by atoms with Crippen LogP contribution in [0.25, 0.3) is 22.3 Å². The molecule has 2 saturated heterocycles. The third kappa shape index (κ3) is 4.03. The molecular formula is C24H22O4. The van der Waals surface area contributed by atoms with Crippen LogP contribution in [0.2, 0.25) is 0 Å². The Kier molecular flexibility index (Phi) is 4.73. The van der Waals surface area contributed by atoms with E-state index in [0.29, 0.717) is 13.2 Å². The van der Waals surface area contributed by atoms with Crippen LogP contribution in [0.4, 0.5) is 0 Å². The van der Waals surface area contributed by atoms with E-state index in [9.17, 15) is 0 Å². The molecule has 4 nitrogen and oxygen atoms in total. The van der Waals surface area contributed by atoms with E-state index >= 15 is 0 Å². The lowest BCUT2D eigenvalue weighted by Gasteiger charge is -2.14. The molecule has 28 heavy (non-hydrogen) atoms. The van der Waals surface area contributed by atoms with Gasteiger partial charge in [0.05, 0.1) is 13.2 Å². The first-order chi connectivity index (χ1) is 13.9. The van der Waals surface area contributed by atoms with Crippen molar-refractivity contribution in [2.45, 2.75) is 12.2 Å². The number of hydrogen-bond donors (Lipinski definition) is 0. The third-order valence-corrected chi connectivity index (χ3v) is 4.91. The maximum absolute atomic E-state index is 5.99.